The highest BCUT2D eigenvalue weighted by Crippen LogP contribution is 2.27. The van der Waals surface area contributed by atoms with Gasteiger partial charge in [0.2, 0.25) is 10.0 Å². The Labute approximate surface area is 128 Å². The fourth-order valence-corrected chi connectivity index (χ4v) is 4.11. The van der Waals surface area contributed by atoms with Gasteiger partial charge in [-0.25, -0.2) is 13.1 Å². The highest BCUT2D eigenvalue weighted by Gasteiger charge is 2.27. The van der Waals surface area contributed by atoms with Crippen LogP contribution in [0.15, 0.2) is 9.31 Å². The first kappa shape index (κ1) is 18.2. The smallest absolute Gasteiger partial charge is 0.244 e. The van der Waals surface area contributed by atoms with Crippen molar-refractivity contribution >= 4 is 10.0 Å². The minimum atomic E-state index is -3.55. The lowest BCUT2D eigenvalue weighted by atomic mass is 10.2. The Bertz CT molecular complexity index is 562. The van der Waals surface area contributed by atoms with E-state index in [1.165, 1.54) is 0 Å². The van der Waals surface area contributed by atoms with E-state index in [-0.39, 0.29) is 17.0 Å². The van der Waals surface area contributed by atoms with Gasteiger partial charge in [0.1, 0.15) is 16.4 Å². The van der Waals surface area contributed by atoms with Crippen LogP contribution in [0.25, 0.3) is 0 Å². The van der Waals surface area contributed by atoms with Crippen LogP contribution in [0.3, 0.4) is 0 Å². The number of hydrogen-bond acceptors (Lipinski definition) is 4. The van der Waals surface area contributed by atoms with Gasteiger partial charge in [0.25, 0.3) is 0 Å². The van der Waals surface area contributed by atoms with Crippen molar-refractivity contribution in [2.45, 2.75) is 77.9 Å². The van der Waals surface area contributed by atoms with Crippen LogP contribution in [0, 0.1) is 13.8 Å². The summed E-state index contributed by atoms with van der Waals surface area (Å²) in [6.07, 6.45) is 1.75. The zero-order valence-corrected chi connectivity index (χ0v) is 14.7. The third-order valence-corrected chi connectivity index (χ3v) is 5.14. The standard InChI is InChI=1S/C15H28N2O3S/c1-7-8-11(4)17-21(18,19)15-13(6)20-12(5)14(15)9-16-10(2)3/h10-11,16-17H,7-9H2,1-6H3. The third kappa shape index (κ3) is 4.83. The summed E-state index contributed by atoms with van der Waals surface area (Å²) >= 11 is 0. The Morgan fingerprint density at radius 1 is 1.14 bits per heavy atom. The second kappa shape index (κ2) is 7.42. The molecule has 0 aliphatic rings. The van der Waals surface area contributed by atoms with Crippen molar-refractivity contribution < 1.29 is 12.8 Å². The Morgan fingerprint density at radius 2 is 1.76 bits per heavy atom. The van der Waals surface area contributed by atoms with Crippen LogP contribution < -0.4 is 10.0 Å². The normalized spacial score (nSPS) is 13.9. The molecule has 0 spiro atoms. The van der Waals surface area contributed by atoms with E-state index in [0.29, 0.717) is 18.1 Å². The molecule has 1 heterocycles. The van der Waals surface area contributed by atoms with E-state index >= 15 is 0 Å². The SMILES string of the molecule is CCCC(C)NS(=O)(=O)c1c(C)oc(C)c1CNC(C)C. The zero-order valence-electron chi connectivity index (χ0n) is 13.9. The molecule has 0 amide bonds. The molecule has 2 N–H and O–H groups in total. The van der Waals surface area contributed by atoms with Crippen LogP contribution in [-0.4, -0.2) is 20.5 Å². The van der Waals surface area contributed by atoms with Crippen LogP contribution in [0.1, 0.15) is 57.6 Å². The molecule has 1 atom stereocenters. The number of rotatable bonds is 8. The maximum absolute atomic E-state index is 12.6. The molecular weight excluding hydrogens is 288 g/mol. The summed E-state index contributed by atoms with van der Waals surface area (Å²) in [5, 5.41) is 3.25. The first-order chi connectivity index (χ1) is 9.69. The van der Waals surface area contributed by atoms with E-state index in [9.17, 15) is 8.42 Å². The molecule has 1 unspecified atom stereocenters. The van der Waals surface area contributed by atoms with E-state index in [1.54, 1.807) is 13.8 Å². The Kier molecular flexibility index (Phi) is 6.43. The molecule has 0 aromatic carbocycles. The summed E-state index contributed by atoms with van der Waals surface area (Å²) in [5.41, 5.74) is 0.720. The molecule has 0 fully saturated rings. The molecule has 0 radical (unpaired) electrons. The largest absolute Gasteiger partial charge is 0.465 e. The maximum atomic E-state index is 12.6. The average molecular weight is 316 g/mol. The van der Waals surface area contributed by atoms with Gasteiger partial charge in [-0.3, -0.25) is 0 Å². The molecular formula is C15H28N2O3S. The van der Waals surface area contributed by atoms with Crippen molar-refractivity contribution in [1.82, 2.24) is 10.0 Å². The van der Waals surface area contributed by atoms with E-state index in [4.69, 9.17) is 4.42 Å². The van der Waals surface area contributed by atoms with Gasteiger partial charge in [-0.2, -0.15) is 0 Å². The van der Waals surface area contributed by atoms with Crippen molar-refractivity contribution in [3.05, 3.63) is 17.1 Å². The predicted molar refractivity (Wildman–Crippen MR) is 84.8 cm³/mol. The minimum Gasteiger partial charge on any atom is -0.465 e. The monoisotopic (exact) mass is 316 g/mol. The van der Waals surface area contributed by atoms with Crippen molar-refractivity contribution in [3.63, 3.8) is 0 Å². The lowest BCUT2D eigenvalue weighted by molar-refractivity contribution is 0.490. The summed E-state index contributed by atoms with van der Waals surface area (Å²) < 4.78 is 33.5. The lowest BCUT2D eigenvalue weighted by Gasteiger charge is -2.15. The highest BCUT2D eigenvalue weighted by molar-refractivity contribution is 7.89. The number of hydrogen-bond donors (Lipinski definition) is 2. The average Bonchev–Trinajstić information content (AvgIpc) is 2.61. The quantitative estimate of drug-likeness (QED) is 0.773. The van der Waals surface area contributed by atoms with Gasteiger partial charge in [0.05, 0.1) is 0 Å². The molecule has 1 rings (SSSR count). The number of aryl methyl sites for hydroxylation is 2. The van der Waals surface area contributed by atoms with Gasteiger partial charge < -0.3 is 9.73 Å². The van der Waals surface area contributed by atoms with Crippen LogP contribution >= 0.6 is 0 Å². The molecule has 1 aromatic rings. The van der Waals surface area contributed by atoms with E-state index in [0.717, 1.165) is 18.4 Å². The van der Waals surface area contributed by atoms with Gasteiger partial charge in [-0.15, -0.1) is 0 Å². The van der Waals surface area contributed by atoms with Gasteiger partial charge in [0.15, 0.2) is 0 Å². The van der Waals surface area contributed by atoms with E-state index in [2.05, 4.69) is 10.0 Å². The summed E-state index contributed by atoms with van der Waals surface area (Å²) in [5.74, 6) is 1.11. The van der Waals surface area contributed by atoms with Gasteiger partial charge >= 0.3 is 0 Å². The molecule has 0 saturated heterocycles. The van der Waals surface area contributed by atoms with Gasteiger partial charge in [-0.05, 0) is 27.2 Å². The minimum absolute atomic E-state index is 0.0829. The Balaban J connectivity index is 3.10. The Hall–Kier alpha value is -0.850. The first-order valence-electron chi connectivity index (χ1n) is 7.53. The summed E-state index contributed by atoms with van der Waals surface area (Å²) in [7, 11) is -3.55. The van der Waals surface area contributed by atoms with Crippen molar-refractivity contribution in [1.29, 1.82) is 0 Å². The van der Waals surface area contributed by atoms with Gasteiger partial charge in [0, 0.05) is 24.2 Å². The van der Waals surface area contributed by atoms with Crippen LogP contribution in [-0.2, 0) is 16.6 Å². The second-order valence-corrected chi connectivity index (χ2v) is 7.52. The molecule has 1 aromatic heterocycles. The molecule has 5 nitrogen and oxygen atoms in total. The number of sulfonamides is 1. The molecule has 0 aliphatic carbocycles. The van der Waals surface area contributed by atoms with Crippen LogP contribution in [0.4, 0.5) is 0 Å². The van der Waals surface area contributed by atoms with Gasteiger partial charge in [-0.1, -0.05) is 27.2 Å². The van der Waals surface area contributed by atoms with Crippen LogP contribution in [0.2, 0.25) is 0 Å². The highest BCUT2D eigenvalue weighted by atomic mass is 32.2. The fourth-order valence-electron chi connectivity index (χ4n) is 2.39. The van der Waals surface area contributed by atoms with Crippen molar-refractivity contribution in [2.24, 2.45) is 0 Å². The first-order valence-corrected chi connectivity index (χ1v) is 9.01. The molecule has 122 valence electrons. The summed E-state index contributed by atoms with van der Waals surface area (Å²) in [4.78, 5) is 0.288. The maximum Gasteiger partial charge on any atom is 0.244 e. The molecule has 21 heavy (non-hydrogen) atoms. The van der Waals surface area contributed by atoms with E-state index in [1.807, 2.05) is 27.7 Å². The summed E-state index contributed by atoms with van der Waals surface area (Å²) in [6.45, 7) is 12.0. The second-order valence-electron chi connectivity index (χ2n) is 5.87. The molecule has 0 aliphatic heterocycles. The van der Waals surface area contributed by atoms with E-state index < -0.39 is 10.0 Å². The summed E-state index contributed by atoms with van der Waals surface area (Å²) in [6, 6.07) is 0.197. The molecule has 6 heteroatoms. The predicted octanol–water partition coefficient (Wildman–Crippen LogP) is 2.86. The Morgan fingerprint density at radius 3 is 2.29 bits per heavy atom. The fraction of sp³-hybridized carbons (Fsp3) is 0.733. The third-order valence-electron chi connectivity index (χ3n) is 3.36. The number of furan rings is 1. The topological polar surface area (TPSA) is 71.3 Å². The van der Waals surface area contributed by atoms with Crippen LogP contribution in [0.5, 0.6) is 0 Å². The van der Waals surface area contributed by atoms with Crippen molar-refractivity contribution in [3.8, 4) is 0 Å². The molecule has 0 bridgehead atoms. The zero-order chi connectivity index (χ0) is 16.2. The van der Waals surface area contributed by atoms with Crippen molar-refractivity contribution in [2.75, 3.05) is 0 Å². The lowest BCUT2D eigenvalue weighted by Crippen LogP contribution is -2.33. The number of nitrogens with one attached hydrogen (secondary N) is 2. The molecule has 0 saturated carbocycles.